The number of anilines is 1. The molecule has 1 amide bonds. The molecule has 1 aromatic rings. The lowest BCUT2D eigenvalue weighted by Crippen LogP contribution is -2.47. The van der Waals surface area contributed by atoms with Crippen molar-refractivity contribution in [2.45, 2.75) is 50.2 Å². The molecule has 0 radical (unpaired) electrons. The number of rotatable bonds is 4. The van der Waals surface area contributed by atoms with E-state index in [1.807, 2.05) is 0 Å². The molecule has 0 spiro atoms. The first-order valence-corrected chi connectivity index (χ1v) is 7.37. The van der Waals surface area contributed by atoms with Gasteiger partial charge in [0.05, 0.1) is 19.0 Å². The van der Waals surface area contributed by atoms with E-state index >= 15 is 0 Å². The van der Waals surface area contributed by atoms with Gasteiger partial charge in [-0.3, -0.25) is 9.36 Å². The summed E-state index contributed by atoms with van der Waals surface area (Å²) >= 11 is 0. The summed E-state index contributed by atoms with van der Waals surface area (Å²) in [5.74, 6) is -0.0795. The lowest BCUT2D eigenvalue weighted by molar-refractivity contribution is -0.0519. The third-order valence-electron chi connectivity index (χ3n) is 3.99. The van der Waals surface area contributed by atoms with Crippen LogP contribution < -0.4 is 10.6 Å². The fourth-order valence-corrected chi connectivity index (χ4v) is 2.86. The SMILES string of the molecule is CC(O)CC1NC(=O)c2ncn([C@@H]3O[C@H](CO)[C@@H](O)[C@H]3O)c2N1. The van der Waals surface area contributed by atoms with Crippen LogP contribution in [-0.2, 0) is 4.74 Å². The Balaban J connectivity index is 1.88. The van der Waals surface area contributed by atoms with Crippen LogP contribution in [0.5, 0.6) is 0 Å². The highest BCUT2D eigenvalue weighted by Gasteiger charge is 2.45. The number of hydrogen-bond acceptors (Lipinski definition) is 8. The molecule has 0 aromatic carbocycles. The second-order valence-electron chi connectivity index (χ2n) is 5.83. The van der Waals surface area contributed by atoms with Gasteiger partial charge in [-0.25, -0.2) is 4.98 Å². The fraction of sp³-hybridized carbons (Fsp3) is 0.692. The first kappa shape index (κ1) is 16.1. The molecular weight excluding hydrogens is 308 g/mol. The average molecular weight is 328 g/mol. The Kier molecular flexibility index (Phi) is 4.25. The lowest BCUT2D eigenvalue weighted by Gasteiger charge is -2.29. The number of carbonyl (C=O) groups excluding carboxylic acids is 1. The molecule has 0 bridgehead atoms. The molecule has 1 saturated heterocycles. The zero-order chi connectivity index (χ0) is 16.7. The predicted molar refractivity (Wildman–Crippen MR) is 76.4 cm³/mol. The number of aromatic nitrogens is 2. The highest BCUT2D eigenvalue weighted by atomic mass is 16.6. The Hall–Kier alpha value is -1.72. The van der Waals surface area contributed by atoms with E-state index in [9.17, 15) is 20.1 Å². The average Bonchev–Trinajstić information content (AvgIpc) is 3.01. The second-order valence-corrected chi connectivity index (χ2v) is 5.83. The first-order chi connectivity index (χ1) is 10.9. The summed E-state index contributed by atoms with van der Waals surface area (Å²) in [7, 11) is 0. The van der Waals surface area contributed by atoms with Crippen LogP contribution in [0.3, 0.4) is 0 Å². The molecule has 6 N–H and O–H groups in total. The molecular formula is C13H20N4O6. The molecule has 0 aliphatic carbocycles. The second kappa shape index (κ2) is 6.06. The minimum Gasteiger partial charge on any atom is -0.394 e. The summed E-state index contributed by atoms with van der Waals surface area (Å²) in [5, 5.41) is 44.3. The van der Waals surface area contributed by atoms with Crippen LogP contribution in [-0.4, -0.2) is 73.1 Å². The normalized spacial score (nSPS) is 34.7. The van der Waals surface area contributed by atoms with Crippen LogP contribution in [0.4, 0.5) is 5.82 Å². The molecule has 10 nitrogen and oxygen atoms in total. The van der Waals surface area contributed by atoms with E-state index in [0.29, 0.717) is 5.82 Å². The Morgan fingerprint density at radius 1 is 1.39 bits per heavy atom. The van der Waals surface area contributed by atoms with Crippen molar-refractivity contribution in [2.24, 2.45) is 0 Å². The van der Waals surface area contributed by atoms with Crippen LogP contribution in [0, 0.1) is 0 Å². The molecule has 128 valence electrons. The zero-order valence-electron chi connectivity index (χ0n) is 12.5. The Morgan fingerprint density at radius 3 is 2.74 bits per heavy atom. The van der Waals surface area contributed by atoms with Crippen LogP contribution >= 0.6 is 0 Å². The standard InChI is InChI=1S/C13H20N4O6/c1-5(19)2-7-15-11-8(12(22)16-7)14-4-17(11)13-10(21)9(20)6(3-18)23-13/h4-7,9-10,13,15,18-21H,2-3H2,1H3,(H,16,22)/t5?,6-,7?,9-,10-,13-/m1/s1. The van der Waals surface area contributed by atoms with Gasteiger partial charge in [0.2, 0.25) is 0 Å². The number of fused-ring (bicyclic) bond motifs is 1. The topological polar surface area (TPSA) is 149 Å². The molecule has 2 aliphatic heterocycles. The Bertz CT molecular complexity index is 591. The fourth-order valence-electron chi connectivity index (χ4n) is 2.86. The van der Waals surface area contributed by atoms with Crippen molar-refractivity contribution in [1.29, 1.82) is 0 Å². The number of carbonyl (C=O) groups is 1. The van der Waals surface area contributed by atoms with Crippen LogP contribution in [0.2, 0.25) is 0 Å². The van der Waals surface area contributed by atoms with Crippen molar-refractivity contribution in [3.63, 3.8) is 0 Å². The Labute approximate surface area is 131 Å². The number of nitrogens with zero attached hydrogens (tertiary/aromatic N) is 2. The summed E-state index contributed by atoms with van der Waals surface area (Å²) in [6.45, 7) is 1.16. The molecule has 1 fully saturated rings. The summed E-state index contributed by atoms with van der Waals surface area (Å²) in [4.78, 5) is 16.1. The van der Waals surface area contributed by atoms with Gasteiger partial charge in [-0.15, -0.1) is 0 Å². The number of aliphatic hydroxyl groups is 4. The monoisotopic (exact) mass is 328 g/mol. The van der Waals surface area contributed by atoms with Gasteiger partial charge >= 0.3 is 0 Å². The van der Waals surface area contributed by atoms with Crippen molar-refractivity contribution in [2.75, 3.05) is 11.9 Å². The largest absolute Gasteiger partial charge is 0.394 e. The third kappa shape index (κ3) is 2.79. The van der Waals surface area contributed by atoms with Gasteiger partial charge in [0.15, 0.2) is 11.9 Å². The molecule has 23 heavy (non-hydrogen) atoms. The highest BCUT2D eigenvalue weighted by molar-refractivity contribution is 5.99. The van der Waals surface area contributed by atoms with Gasteiger partial charge in [-0.05, 0) is 6.92 Å². The highest BCUT2D eigenvalue weighted by Crippen LogP contribution is 2.33. The maximum atomic E-state index is 12.1. The minimum absolute atomic E-state index is 0.129. The van der Waals surface area contributed by atoms with Crippen molar-refractivity contribution in [3.05, 3.63) is 12.0 Å². The number of hydrogen-bond donors (Lipinski definition) is 6. The maximum absolute atomic E-state index is 12.1. The van der Waals surface area contributed by atoms with E-state index < -0.39 is 49.3 Å². The minimum atomic E-state index is -1.27. The Morgan fingerprint density at radius 2 is 2.13 bits per heavy atom. The molecule has 3 rings (SSSR count). The quantitative estimate of drug-likeness (QED) is 0.363. The van der Waals surface area contributed by atoms with Gasteiger partial charge < -0.3 is 35.8 Å². The van der Waals surface area contributed by atoms with Gasteiger partial charge in [0.1, 0.15) is 30.3 Å². The van der Waals surface area contributed by atoms with Crippen LogP contribution in [0.25, 0.3) is 0 Å². The smallest absolute Gasteiger partial charge is 0.275 e. The number of amides is 1. The number of ether oxygens (including phenoxy) is 1. The van der Waals surface area contributed by atoms with Crippen molar-refractivity contribution in [3.8, 4) is 0 Å². The third-order valence-corrected chi connectivity index (χ3v) is 3.99. The molecule has 2 unspecified atom stereocenters. The summed E-state index contributed by atoms with van der Waals surface area (Å²) in [6, 6.07) is 0. The summed E-state index contributed by atoms with van der Waals surface area (Å²) in [5.41, 5.74) is 0.129. The van der Waals surface area contributed by atoms with E-state index in [-0.39, 0.29) is 12.1 Å². The van der Waals surface area contributed by atoms with Gasteiger partial charge in [-0.2, -0.15) is 0 Å². The number of imidazole rings is 1. The molecule has 3 heterocycles. The van der Waals surface area contributed by atoms with Gasteiger partial charge in [0, 0.05) is 6.42 Å². The van der Waals surface area contributed by atoms with E-state index in [0.717, 1.165) is 0 Å². The number of aliphatic hydroxyl groups excluding tert-OH is 4. The molecule has 0 saturated carbocycles. The maximum Gasteiger partial charge on any atom is 0.275 e. The van der Waals surface area contributed by atoms with E-state index in [2.05, 4.69) is 15.6 Å². The predicted octanol–water partition coefficient (Wildman–Crippen LogP) is -2.25. The van der Waals surface area contributed by atoms with Gasteiger partial charge in [0.25, 0.3) is 5.91 Å². The molecule has 1 aromatic heterocycles. The van der Waals surface area contributed by atoms with E-state index in [1.54, 1.807) is 6.92 Å². The summed E-state index contributed by atoms with van der Waals surface area (Å²) < 4.78 is 6.86. The van der Waals surface area contributed by atoms with E-state index in [1.165, 1.54) is 10.9 Å². The van der Waals surface area contributed by atoms with Crippen LogP contribution in [0.1, 0.15) is 30.1 Å². The van der Waals surface area contributed by atoms with Crippen LogP contribution in [0.15, 0.2) is 6.33 Å². The first-order valence-electron chi connectivity index (χ1n) is 7.37. The van der Waals surface area contributed by atoms with Crippen molar-refractivity contribution < 1.29 is 30.0 Å². The van der Waals surface area contributed by atoms with Crippen molar-refractivity contribution in [1.82, 2.24) is 14.9 Å². The zero-order valence-corrected chi connectivity index (χ0v) is 12.5. The summed E-state index contributed by atoms with van der Waals surface area (Å²) in [6.07, 6.45) is -3.93. The molecule has 2 aliphatic rings. The van der Waals surface area contributed by atoms with Gasteiger partial charge in [-0.1, -0.05) is 0 Å². The molecule has 10 heteroatoms. The van der Waals surface area contributed by atoms with Crippen molar-refractivity contribution >= 4 is 11.7 Å². The lowest BCUT2D eigenvalue weighted by atomic mass is 10.1. The van der Waals surface area contributed by atoms with E-state index in [4.69, 9.17) is 9.84 Å². The number of nitrogens with one attached hydrogen (secondary N) is 2. The molecule has 6 atom stereocenters.